The maximum Gasteiger partial charge on any atom is 0.194 e. The average Bonchev–Trinajstić information content (AvgIpc) is 3.20. The van der Waals surface area contributed by atoms with Gasteiger partial charge in [-0.3, -0.25) is 9.67 Å². The fourth-order valence-electron chi connectivity index (χ4n) is 3.47. The summed E-state index contributed by atoms with van der Waals surface area (Å²) in [4.78, 5) is 9.63. The molecule has 0 radical (unpaired) electrons. The molecule has 3 rings (SSSR count). The molecular formula is C17H31IN6O. The zero-order valence-corrected chi connectivity index (χ0v) is 17.8. The molecule has 25 heavy (non-hydrogen) atoms. The van der Waals surface area contributed by atoms with Gasteiger partial charge in [-0.2, -0.15) is 5.10 Å². The van der Waals surface area contributed by atoms with Gasteiger partial charge in [0.05, 0.1) is 19.3 Å². The Bertz CT molecular complexity index is 563. The Morgan fingerprint density at radius 3 is 2.84 bits per heavy atom. The largest absolute Gasteiger partial charge is 0.370 e. The molecule has 2 atom stereocenters. The van der Waals surface area contributed by atoms with Crippen LogP contribution < -0.4 is 5.32 Å². The SMILES string of the molecule is CCNC(=NCC1CCN(C)C1)N1CCOC(c2cnn(C)c2)C1.I. The van der Waals surface area contributed by atoms with Crippen molar-refractivity contribution in [3.63, 3.8) is 0 Å². The summed E-state index contributed by atoms with van der Waals surface area (Å²) in [5.74, 6) is 1.70. The summed E-state index contributed by atoms with van der Waals surface area (Å²) in [7, 11) is 4.13. The number of nitrogens with zero attached hydrogens (tertiary/aromatic N) is 5. The van der Waals surface area contributed by atoms with Crippen LogP contribution in [0.25, 0.3) is 0 Å². The molecule has 3 heterocycles. The monoisotopic (exact) mass is 462 g/mol. The van der Waals surface area contributed by atoms with E-state index in [0.29, 0.717) is 5.92 Å². The van der Waals surface area contributed by atoms with E-state index in [4.69, 9.17) is 9.73 Å². The summed E-state index contributed by atoms with van der Waals surface area (Å²) in [5.41, 5.74) is 1.13. The van der Waals surface area contributed by atoms with Gasteiger partial charge in [0.15, 0.2) is 5.96 Å². The predicted molar refractivity (Wildman–Crippen MR) is 110 cm³/mol. The van der Waals surface area contributed by atoms with Gasteiger partial charge in [-0.15, -0.1) is 24.0 Å². The lowest BCUT2D eigenvalue weighted by Gasteiger charge is -2.35. The molecule has 2 fully saturated rings. The minimum absolute atomic E-state index is 0. The number of halogens is 1. The molecule has 1 aromatic rings. The zero-order valence-electron chi connectivity index (χ0n) is 15.5. The molecular weight excluding hydrogens is 431 g/mol. The van der Waals surface area contributed by atoms with Crippen LogP contribution in [0, 0.1) is 5.92 Å². The molecule has 0 bridgehead atoms. The van der Waals surface area contributed by atoms with Crippen molar-refractivity contribution < 1.29 is 4.74 Å². The first-order valence-corrected chi connectivity index (χ1v) is 8.97. The van der Waals surface area contributed by atoms with E-state index >= 15 is 0 Å². The maximum absolute atomic E-state index is 5.94. The van der Waals surface area contributed by atoms with E-state index in [9.17, 15) is 0 Å². The van der Waals surface area contributed by atoms with Crippen LogP contribution >= 0.6 is 24.0 Å². The van der Waals surface area contributed by atoms with Crippen LogP contribution in [0.5, 0.6) is 0 Å². The van der Waals surface area contributed by atoms with E-state index in [0.717, 1.165) is 50.9 Å². The first-order valence-electron chi connectivity index (χ1n) is 8.97. The van der Waals surface area contributed by atoms with Crippen LogP contribution in [0.1, 0.15) is 25.0 Å². The molecule has 7 nitrogen and oxygen atoms in total. The Balaban J connectivity index is 0.00000225. The number of morpholine rings is 1. The van der Waals surface area contributed by atoms with E-state index in [-0.39, 0.29) is 30.1 Å². The number of hydrogen-bond donors (Lipinski definition) is 1. The van der Waals surface area contributed by atoms with Crippen LogP contribution in [-0.2, 0) is 11.8 Å². The highest BCUT2D eigenvalue weighted by molar-refractivity contribution is 14.0. The lowest BCUT2D eigenvalue weighted by molar-refractivity contribution is -0.00806. The number of likely N-dealkylation sites (tertiary alicyclic amines) is 1. The molecule has 0 aromatic carbocycles. The van der Waals surface area contributed by atoms with Gasteiger partial charge in [0, 0.05) is 45.0 Å². The standard InChI is InChI=1S/C17H30N6O.HI/c1-4-18-17(19-9-14-5-6-21(2)11-14)23-7-8-24-16(13-23)15-10-20-22(3)12-15;/h10,12,14,16H,4-9,11,13H2,1-3H3,(H,18,19);1H. The molecule has 0 spiro atoms. The molecule has 8 heteroatoms. The average molecular weight is 462 g/mol. The number of ether oxygens (including phenoxy) is 1. The molecule has 1 aromatic heterocycles. The topological polar surface area (TPSA) is 57.9 Å². The first-order chi connectivity index (χ1) is 11.7. The van der Waals surface area contributed by atoms with Gasteiger partial charge >= 0.3 is 0 Å². The summed E-state index contributed by atoms with van der Waals surface area (Å²) in [6.07, 6.45) is 5.24. The zero-order chi connectivity index (χ0) is 16.9. The highest BCUT2D eigenvalue weighted by Gasteiger charge is 2.26. The fraction of sp³-hybridized carbons (Fsp3) is 0.765. The summed E-state index contributed by atoms with van der Waals surface area (Å²) < 4.78 is 7.77. The minimum atomic E-state index is 0. The summed E-state index contributed by atoms with van der Waals surface area (Å²) >= 11 is 0. The van der Waals surface area contributed by atoms with Crippen LogP contribution in [0.2, 0.25) is 0 Å². The predicted octanol–water partition coefficient (Wildman–Crippen LogP) is 1.33. The number of guanidine groups is 1. The van der Waals surface area contributed by atoms with Crippen molar-refractivity contribution in [2.45, 2.75) is 19.4 Å². The Morgan fingerprint density at radius 2 is 2.20 bits per heavy atom. The van der Waals surface area contributed by atoms with Crippen molar-refractivity contribution in [3.8, 4) is 0 Å². The third-order valence-electron chi connectivity index (χ3n) is 4.79. The van der Waals surface area contributed by atoms with Crippen molar-refractivity contribution in [1.82, 2.24) is 24.9 Å². The molecule has 2 aliphatic heterocycles. The lowest BCUT2D eigenvalue weighted by Crippen LogP contribution is -2.48. The van der Waals surface area contributed by atoms with Gasteiger partial charge in [-0.1, -0.05) is 0 Å². The third-order valence-corrected chi connectivity index (χ3v) is 4.79. The van der Waals surface area contributed by atoms with E-state index in [1.165, 1.54) is 13.0 Å². The molecule has 1 N–H and O–H groups in total. The van der Waals surface area contributed by atoms with Crippen molar-refractivity contribution in [1.29, 1.82) is 0 Å². The number of aliphatic imine (C=N–C) groups is 1. The maximum atomic E-state index is 5.94. The Kier molecular flexibility index (Phi) is 7.95. The van der Waals surface area contributed by atoms with Crippen molar-refractivity contribution in [2.24, 2.45) is 18.0 Å². The molecule has 2 aliphatic rings. The molecule has 0 saturated carbocycles. The Hall–Kier alpha value is -0.870. The Morgan fingerprint density at radius 1 is 1.36 bits per heavy atom. The summed E-state index contributed by atoms with van der Waals surface area (Å²) in [5, 5.41) is 7.71. The van der Waals surface area contributed by atoms with E-state index < -0.39 is 0 Å². The molecule has 0 aliphatic carbocycles. The van der Waals surface area contributed by atoms with Crippen LogP contribution in [-0.4, -0.2) is 78.5 Å². The molecule has 2 saturated heterocycles. The van der Waals surface area contributed by atoms with Crippen LogP contribution in [0.3, 0.4) is 0 Å². The third kappa shape index (κ3) is 5.55. The van der Waals surface area contributed by atoms with Gasteiger partial charge in [0.25, 0.3) is 0 Å². The number of hydrogen-bond acceptors (Lipinski definition) is 4. The van der Waals surface area contributed by atoms with Gasteiger partial charge in [0.1, 0.15) is 6.10 Å². The Labute approximate surface area is 167 Å². The highest BCUT2D eigenvalue weighted by Crippen LogP contribution is 2.22. The van der Waals surface area contributed by atoms with Gasteiger partial charge in [0.2, 0.25) is 0 Å². The van der Waals surface area contributed by atoms with E-state index in [1.54, 1.807) is 0 Å². The molecule has 0 amide bonds. The van der Waals surface area contributed by atoms with Crippen molar-refractivity contribution in [2.75, 3.05) is 52.9 Å². The normalized spacial score (nSPS) is 25.1. The second-order valence-electron chi connectivity index (χ2n) is 6.86. The molecule has 2 unspecified atom stereocenters. The minimum Gasteiger partial charge on any atom is -0.370 e. The van der Waals surface area contributed by atoms with Gasteiger partial charge in [-0.25, -0.2) is 0 Å². The first kappa shape index (κ1) is 20.4. The van der Waals surface area contributed by atoms with Crippen LogP contribution in [0.4, 0.5) is 0 Å². The second kappa shape index (κ2) is 9.72. The highest BCUT2D eigenvalue weighted by atomic mass is 127. The van der Waals surface area contributed by atoms with E-state index in [2.05, 4.69) is 34.2 Å². The number of rotatable bonds is 4. The van der Waals surface area contributed by atoms with Gasteiger partial charge < -0.3 is 19.9 Å². The molecule has 142 valence electrons. The van der Waals surface area contributed by atoms with Gasteiger partial charge in [-0.05, 0) is 32.9 Å². The van der Waals surface area contributed by atoms with Crippen LogP contribution in [0.15, 0.2) is 17.4 Å². The van der Waals surface area contributed by atoms with Crippen molar-refractivity contribution >= 4 is 29.9 Å². The number of aromatic nitrogens is 2. The quantitative estimate of drug-likeness (QED) is 0.416. The summed E-state index contributed by atoms with van der Waals surface area (Å²) in [6.45, 7) is 8.69. The fourth-order valence-corrected chi connectivity index (χ4v) is 3.47. The second-order valence-corrected chi connectivity index (χ2v) is 6.86. The number of nitrogens with one attached hydrogen (secondary N) is 1. The number of aryl methyl sites for hydroxylation is 1. The summed E-state index contributed by atoms with van der Waals surface area (Å²) in [6, 6.07) is 0. The van der Waals surface area contributed by atoms with E-state index in [1.807, 2.05) is 24.1 Å². The van der Waals surface area contributed by atoms with Crippen molar-refractivity contribution in [3.05, 3.63) is 18.0 Å². The lowest BCUT2D eigenvalue weighted by atomic mass is 10.1. The smallest absolute Gasteiger partial charge is 0.194 e.